The number of rotatable bonds is 4. The number of nitrogens with two attached hydrogens (primary N) is 1. The average molecular weight is 276 g/mol. The molecule has 5 nitrogen and oxygen atoms in total. The highest BCUT2D eigenvalue weighted by Gasteiger charge is 2.19. The highest BCUT2D eigenvalue weighted by Crippen LogP contribution is 2.25. The molecule has 2 aromatic heterocycles. The third-order valence-electron chi connectivity index (χ3n) is 2.97. The molecule has 0 aliphatic heterocycles. The van der Waals surface area contributed by atoms with E-state index in [0.717, 1.165) is 10.6 Å². The molecule has 1 atom stereocenters. The molecule has 1 amide bonds. The summed E-state index contributed by atoms with van der Waals surface area (Å²) in [7, 11) is 1.76. The smallest absolute Gasteiger partial charge is 0.265 e. The van der Waals surface area contributed by atoms with Gasteiger partial charge in [-0.05, 0) is 19.1 Å². The molecule has 0 saturated carbocycles. The van der Waals surface area contributed by atoms with Crippen LogP contribution in [0.1, 0.15) is 16.6 Å². The lowest BCUT2D eigenvalue weighted by Crippen LogP contribution is -2.39. The van der Waals surface area contributed by atoms with Gasteiger partial charge in [-0.2, -0.15) is 0 Å². The van der Waals surface area contributed by atoms with Gasteiger partial charge < -0.3 is 10.6 Å². The van der Waals surface area contributed by atoms with Gasteiger partial charge in [-0.25, -0.2) is 4.98 Å². The van der Waals surface area contributed by atoms with E-state index in [-0.39, 0.29) is 11.9 Å². The van der Waals surface area contributed by atoms with Gasteiger partial charge in [0.15, 0.2) is 0 Å². The number of hydrogen-bond donors (Lipinski definition) is 1. The number of carbonyl (C=O) groups excluding carboxylic acids is 1. The van der Waals surface area contributed by atoms with Gasteiger partial charge in [0.1, 0.15) is 9.88 Å². The van der Waals surface area contributed by atoms with Crippen molar-refractivity contribution in [2.24, 2.45) is 5.73 Å². The molecule has 0 aliphatic rings. The highest BCUT2D eigenvalue weighted by atomic mass is 32.1. The second kappa shape index (κ2) is 5.90. The Hall–Kier alpha value is -1.79. The fourth-order valence-corrected chi connectivity index (χ4v) is 2.44. The second-order valence-corrected chi connectivity index (χ2v) is 5.30. The third-order valence-corrected chi connectivity index (χ3v) is 4.00. The van der Waals surface area contributed by atoms with Crippen molar-refractivity contribution in [1.29, 1.82) is 0 Å². The summed E-state index contributed by atoms with van der Waals surface area (Å²) in [4.78, 5) is 22.7. The summed E-state index contributed by atoms with van der Waals surface area (Å²) in [5.74, 6) is -0.0456. The fourth-order valence-electron chi connectivity index (χ4n) is 1.53. The molecule has 0 spiro atoms. The first kappa shape index (κ1) is 13.6. The number of amides is 1. The number of thiazole rings is 1. The summed E-state index contributed by atoms with van der Waals surface area (Å²) in [6.07, 6.45) is 5.03. The summed E-state index contributed by atoms with van der Waals surface area (Å²) < 4.78 is 0. The van der Waals surface area contributed by atoms with Crippen molar-refractivity contribution in [3.05, 3.63) is 35.6 Å². The molecular formula is C13H16N4OS. The van der Waals surface area contributed by atoms with Crippen LogP contribution in [0.3, 0.4) is 0 Å². The van der Waals surface area contributed by atoms with Crippen molar-refractivity contribution < 1.29 is 4.79 Å². The Balaban J connectivity index is 2.20. The number of pyridine rings is 1. The first-order valence-corrected chi connectivity index (χ1v) is 6.78. The largest absolute Gasteiger partial charge is 0.337 e. The van der Waals surface area contributed by atoms with E-state index in [0.29, 0.717) is 11.4 Å². The summed E-state index contributed by atoms with van der Waals surface area (Å²) in [6, 6.07) is 3.76. The standard InChI is InChI=1S/C13H16N4OS/c1-9(7-14)17(2)13(18)11-8-16-12(19-11)10-3-5-15-6-4-10/h3-6,8-9H,7,14H2,1-2H3. The Morgan fingerprint density at radius 1 is 1.47 bits per heavy atom. The van der Waals surface area contributed by atoms with Crippen LogP contribution < -0.4 is 5.73 Å². The van der Waals surface area contributed by atoms with Gasteiger partial charge in [0.2, 0.25) is 0 Å². The Kier molecular flexibility index (Phi) is 4.24. The molecule has 6 heteroatoms. The van der Waals surface area contributed by atoms with E-state index in [1.165, 1.54) is 11.3 Å². The van der Waals surface area contributed by atoms with Gasteiger partial charge >= 0.3 is 0 Å². The topological polar surface area (TPSA) is 72.1 Å². The van der Waals surface area contributed by atoms with E-state index in [4.69, 9.17) is 5.73 Å². The lowest BCUT2D eigenvalue weighted by atomic mass is 10.3. The zero-order chi connectivity index (χ0) is 13.8. The van der Waals surface area contributed by atoms with Crippen LogP contribution >= 0.6 is 11.3 Å². The number of likely N-dealkylation sites (N-methyl/N-ethyl adjacent to an activating group) is 1. The minimum absolute atomic E-state index is 0.0129. The maximum atomic E-state index is 12.2. The maximum absolute atomic E-state index is 12.2. The van der Waals surface area contributed by atoms with Gasteiger partial charge in [0.25, 0.3) is 5.91 Å². The monoisotopic (exact) mass is 276 g/mol. The molecule has 2 rings (SSSR count). The summed E-state index contributed by atoms with van der Waals surface area (Å²) in [5.41, 5.74) is 6.54. The molecule has 0 saturated heterocycles. The van der Waals surface area contributed by atoms with Gasteiger partial charge in [-0.15, -0.1) is 11.3 Å². The quantitative estimate of drug-likeness (QED) is 0.921. The van der Waals surface area contributed by atoms with Gasteiger partial charge in [-0.1, -0.05) is 0 Å². The van der Waals surface area contributed by atoms with Crippen LogP contribution in [0.2, 0.25) is 0 Å². The number of carbonyl (C=O) groups is 1. The Bertz CT molecular complexity index is 555. The molecule has 0 aliphatic carbocycles. The van der Waals surface area contributed by atoms with Crippen LogP contribution in [-0.4, -0.2) is 40.4 Å². The van der Waals surface area contributed by atoms with Crippen molar-refractivity contribution >= 4 is 17.2 Å². The summed E-state index contributed by atoms with van der Waals surface area (Å²) in [5, 5.41) is 0.819. The molecule has 19 heavy (non-hydrogen) atoms. The maximum Gasteiger partial charge on any atom is 0.265 e. The molecule has 100 valence electrons. The fraction of sp³-hybridized carbons (Fsp3) is 0.308. The Morgan fingerprint density at radius 3 is 2.79 bits per heavy atom. The average Bonchev–Trinajstić information content (AvgIpc) is 2.95. The third kappa shape index (κ3) is 2.97. The molecular weight excluding hydrogens is 260 g/mol. The lowest BCUT2D eigenvalue weighted by molar-refractivity contribution is 0.0753. The highest BCUT2D eigenvalue weighted by molar-refractivity contribution is 7.16. The normalized spacial score (nSPS) is 12.2. The van der Waals surface area contributed by atoms with E-state index in [1.807, 2.05) is 19.1 Å². The van der Waals surface area contributed by atoms with Crippen molar-refractivity contribution in [2.45, 2.75) is 13.0 Å². The second-order valence-electron chi connectivity index (χ2n) is 4.27. The molecule has 2 N–H and O–H groups in total. The number of nitrogens with zero attached hydrogens (tertiary/aromatic N) is 3. The van der Waals surface area contributed by atoms with Crippen molar-refractivity contribution in [1.82, 2.24) is 14.9 Å². The Labute approximate surface area is 116 Å². The van der Waals surface area contributed by atoms with E-state index in [9.17, 15) is 4.79 Å². The van der Waals surface area contributed by atoms with E-state index in [2.05, 4.69) is 9.97 Å². The van der Waals surface area contributed by atoms with Crippen LogP contribution in [0, 0.1) is 0 Å². The Morgan fingerprint density at radius 2 is 2.16 bits per heavy atom. The van der Waals surface area contributed by atoms with Crippen molar-refractivity contribution in [2.75, 3.05) is 13.6 Å². The number of hydrogen-bond acceptors (Lipinski definition) is 5. The van der Waals surface area contributed by atoms with E-state index >= 15 is 0 Å². The molecule has 2 aromatic rings. The van der Waals surface area contributed by atoms with Crippen molar-refractivity contribution in [3.8, 4) is 10.6 Å². The predicted octanol–water partition coefficient (Wildman–Crippen LogP) is 1.62. The van der Waals surface area contributed by atoms with E-state index in [1.54, 1.807) is 30.5 Å². The predicted molar refractivity (Wildman–Crippen MR) is 76.0 cm³/mol. The van der Waals surface area contributed by atoms with Crippen LogP contribution in [0.5, 0.6) is 0 Å². The first-order chi connectivity index (χ1) is 9.13. The van der Waals surface area contributed by atoms with Gasteiger partial charge in [0.05, 0.1) is 6.20 Å². The van der Waals surface area contributed by atoms with Gasteiger partial charge in [0, 0.05) is 37.6 Å². The van der Waals surface area contributed by atoms with Crippen LogP contribution in [-0.2, 0) is 0 Å². The number of aromatic nitrogens is 2. The summed E-state index contributed by atoms with van der Waals surface area (Å²) in [6.45, 7) is 2.36. The minimum atomic E-state index is -0.0456. The zero-order valence-corrected chi connectivity index (χ0v) is 11.7. The van der Waals surface area contributed by atoms with Crippen molar-refractivity contribution in [3.63, 3.8) is 0 Å². The molecule has 0 radical (unpaired) electrons. The molecule has 1 unspecified atom stereocenters. The minimum Gasteiger partial charge on any atom is -0.337 e. The van der Waals surface area contributed by atoms with E-state index < -0.39 is 0 Å². The SMILES string of the molecule is CC(CN)N(C)C(=O)c1cnc(-c2ccncc2)s1. The molecule has 0 fully saturated rings. The van der Waals surface area contributed by atoms with Gasteiger partial charge in [-0.3, -0.25) is 9.78 Å². The summed E-state index contributed by atoms with van der Waals surface area (Å²) >= 11 is 1.38. The zero-order valence-electron chi connectivity index (χ0n) is 10.9. The molecule has 2 heterocycles. The molecule has 0 bridgehead atoms. The lowest BCUT2D eigenvalue weighted by Gasteiger charge is -2.22. The first-order valence-electron chi connectivity index (χ1n) is 5.97. The van der Waals surface area contributed by atoms with Crippen LogP contribution in [0.25, 0.3) is 10.6 Å². The van der Waals surface area contributed by atoms with Crippen LogP contribution in [0.4, 0.5) is 0 Å². The van der Waals surface area contributed by atoms with Crippen LogP contribution in [0.15, 0.2) is 30.7 Å². The molecule has 0 aromatic carbocycles.